The molecule has 2 aromatic carbocycles. The molecule has 3 atom stereocenters. The first-order valence-electron chi connectivity index (χ1n) is 14.7. The Labute approximate surface area is 260 Å². The van der Waals surface area contributed by atoms with E-state index < -0.39 is 12.1 Å². The number of aryl methyl sites for hydroxylation is 2. The number of carboxylic acids is 1. The zero-order valence-corrected chi connectivity index (χ0v) is 26.1. The third-order valence-electron chi connectivity index (χ3n) is 8.88. The number of ether oxygens (including phenoxy) is 2. The Bertz CT molecular complexity index is 1500. The average Bonchev–Trinajstić information content (AvgIpc) is 3.48. The molecule has 1 saturated carbocycles. The lowest BCUT2D eigenvalue weighted by molar-refractivity contribution is -0.192. The largest absolute Gasteiger partial charge is 0.493 e. The van der Waals surface area contributed by atoms with E-state index in [0.29, 0.717) is 6.04 Å². The molecule has 1 aliphatic carbocycles. The Balaban J connectivity index is 0.000000591. The summed E-state index contributed by atoms with van der Waals surface area (Å²) in [6.45, 7) is 5.79. The molecule has 2 amide bonds. The van der Waals surface area contributed by atoms with E-state index in [1.54, 1.807) is 18.9 Å². The standard InChI is InChI=1S/C30H39N5O3.C2HF3O2/c1-20-28(21(2)34(3)33-20)32-29(36)31-24-13-14-30(23-11-12-25(37-4)26(17-23)38-5)15-16-35(27(30)18-24)19-22-9-7-6-8-10-22;3-2(4,5)1(6)7/h6-12,17,24,27H,13-16,18-19H2,1-5H3,(H2,31,32,36);(H,6,7)/t24-,27+,30+;/m1./s1. The molecule has 5 rings (SSSR count). The lowest BCUT2D eigenvalue weighted by Crippen LogP contribution is -2.52. The van der Waals surface area contributed by atoms with Gasteiger partial charge in [-0.25, -0.2) is 9.59 Å². The smallest absolute Gasteiger partial charge is 0.490 e. The van der Waals surface area contributed by atoms with Crippen molar-refractivity contribution in [2.24, 2.45) is 7.05 Å². The highest BCUT2D eigenvalue weighted by Crippen LogP contribution is 2.50. The lowest BCUT2D eigenvalue weighted by atomic mass is 9.65. The molecule has 0 radical (unpaired) electrons. The lowest BCUT2D eigenvalue weighted by Gasteiger charge is -2.45. The molecule has 13 heteroatoms. The van der Waals surface area contributed by atoms with Crippen molar-refractivity contribution in [3.05, 3.63) is 71.0 Å². The fourth-order valence-corrected chi connectivity index (χ4v) is 6.56. The normalized spacial score (nSPS) is 21.2. The van der Waals surface area contributed by atoms with E-state index in [-0.39, 0.29) is 17.5 Å². The number of benzene rings is 2. The summed E-state index contributed by atoms with van der Waals surface area (Å²) in [5, 5.41) is 17.9. The van der Waals surface area contributed by atoms with Gasteiger partial charge in [0.2, 0.25) is 0 Å². The number of hydrogen-bond acceptors (Lipinski definition) is 6. The molecule has 0 unspecified atom stereocenters. The number of rotatable bonds is 7. The first-order valence-corrected chi connectivity index (χ1v) is 14.7. The SMILES string of the molecule is COc1ccc([C@@]23CC[C@@H](NC(=O)Nc4c(C)nn(C)c4C)C[C@@H]2N(Cc2ccccc2)CC3)cc1OC.O=C(O)C(F)(F)F. The van der Waals surface area contributed by atoms with E-state index in [0.717, 1.165) is 67.3 Å². The predicted octanol–water partition coefficient (Wildman–Crippen LogP) is 5.57. The zero-order chi connectivity index (χ0) is 32.9. The summed E-state index contributed by atoms with van der Waals surface area (Å²) >= 11 is 0. The van der Waals surface area contributed by atoms with Gasteiger partial charge < -0.3 is 25.2 Å². The molecule has 2 heterocycles. The van der Waals surface area contributed by atoms with Crippen molar-refractivity contribution in [2.75, 3.05) is 26.1 Å². The van der Waals surface area contributed by atoms with Gasteiger partial charge in [-0.15, -0.1) is 0 Å². The Morgan fingerprint density at radius 3 is 2.31 bits per heavy atom. The van der Waals surface area contributed by atoms with Crippen LogP contribution in [0.4, 0.5) is 23.7 Å². The van der Waals surface area contributed by atoms with E-state index in [2.05, 4.69) is 63.1 Å². The molecule has 1 saturated heterocycles. The number of nitrogens with zero attached hydrogens (tertiary/aromatic N) is 3. The molecule has 3 N–H and O–H groups in total. The highest BCUT2D eigenvalue weighted by atomic mass is 19.4. The number of carbonyl (C=O) groups excluding carboxylic acids is 1. The van der Waals surface area contributed by atoms with Crippen molar-refractivity contribution in [3.8, 4) is 11.5 Å². The van der Waals surface area contributed by atoms with Crippen LogP contribution in [-0.4, -0.2) is 70.8 Å². The molecule has 0 bridgehead atoms. The molecule has 45 heavy (non-hydrogen) atoms. The van der Waals surface area contributed by atoms with Crippen molar-refractivity contribution >= 4 is 17.7 Å². The number of aliphatic carboxylic acids is 1. The minimum atomic E-state index is -5.08. The Morgan fingerprint density at radius 2 is 1.73 bits per heavy atom. The van der Waals surface area contributed by atoms with Crippen LogP contribution in [0.15, 0.2) is 48.5 Å². The van der Waals surface area contributed by atoms with E-state index in [1.165, 1.54) is 11.1 Å². The van der Waals surface area contributed by atoms with E-state index >= 15 is 0 Å². The third kappa shape index (κ3) is 7.52. The number of urea groups is 1. The maximum Gasteiger partial charge on any atom is 0.490 e. The Kier molecular flexibility index (Phi) is 10.3. The number of fused-ring (bicyclic) bond motifs is 1. The number of alkyl halides is 3. The quantitative estimate of drug-likeness (QED) is 0.312. The number of anilines is 1. The first kappa shape index (κ1) is 33.6. The van der Waals surface area contributed by atoms with Gasteiger partial charge >= 0.3 is 18.2 Å². The second kappa shape index (κ2) is 13.8. The molecule has 0 spiro atoms. The number of carbonyl (C=O) groups is 2. The molecule has 1 aliphatic heterocycles. The summed E-state index contributed by atoms with van der Waals surface area (Å²) in [6.07, 6.45) is -1.21. The van der Waals surface area contributed by atoms with Gasteiger partial charge in [-0.1, -0.05) is 36.4 Å². The van der Waals surface area contributed by atoms with Crippen molar-refractivity contribution in [1.82, 2.24) is 20.0 Å². The molecular weight excluding hydrogens is 591 g/mol. The van der Waals surface area contributed by atoms with Crippen LogP contribution in [0.3, 0.4) is 0 Å². The molecule has 2 aliphatic rings. The summed E-state index contributed by atoms with van der Waals surface area (Å²) in [7, 11) is 5.26. The maximum absolute atomic E-state index is 13.1. The van der Waals surface area contributed by atoms with Crippen molar-refractivity contribution in [3.63, 3.8) is 0 Å². The monoisotopic (exact) mass is 631 g/mol. The second-order valence-corrected chi connectivity index (χ2v) is 11.5. The summed E-state index contributed by atoms with van der Waals surface area (Å²) in [5.74, 6) is -1.25. The summed E-state index contributed by atoms with van der Waals surface area (Å²) in [4.78, 5) is 24.6. The Morgan fingerprint density at radius 1 is 1.07 bits per heavy atom. The van der Waals surface area contributed by atoms with Crippen LogP contribution in [0.1, 0.15) is 48.2 Å². The molecule has 3 aromatic rings. The molecule has 1 aromatic heterocycles. The topological polar surface area (TPSA) is 118 Å². The van der Waals surface area contributed by atoms with Gasteiger partial charge in [-0.3, -0.25) is 9.58 Å². The predicted molar refractivity (Wildman–Crippen MR) is 163 cm³/mol. The maximum atomic E-state index is 13.1. The summed E-state index contributed by atoms with van der Waals surface area (Å²) in [6, 6.07) is 17.3. The number of hydrogen-bond donors (Lipinski definition) is 3. The summed E-state index contributed by atoms with van der Waals surface area (Å²) < 4.78 is 44.7. The number of nitrogens with one attached hydrogen (secondary N) is 2. The van der Waals surface area contributed by atoms with E-state index in [4.69, 9.17) is 19.4 Å². The molecular formula is C32H40F3N5O5. The number of carboxylic acid groups (broad SMARTS) is 1. The van der Waals surface area contributed by atoms with Crippen molar-refractivity contribution in [2.45, 2.75) is 69.8 Å². The fraction of sp³-hybridized carbons (Fsp3) is 0.469. The van der Waals surface area contributed by atoms with E-state index in [9.17, 15) is 18.0 Å². The number of likely N-dealkylation sites (tertiary alicyclic amines) is 1. The van der Waals surface area contributed by atoms with Crippen LogP contribution in [-0.2, 0) is 23.8 Å². The van der Waals surface area contributed by atoms with Gasteiger partial charge in [0, 0.05) is 31.1 Å². The average molecular weight is 632 g/mol. The molecule has 244 valence electrons. The van der Waals surface area contributed by atoms with Crippen molar-refractivity contribution in [1.29, 1.82) is 0 Å². The van der Waals surface area contributed by atoms with Crippen LogP contribution in [0, 0.1) is 13.8 Å². The van der Waals surface area contributed by atoms with Crippen LogP contribution < -0.4 is 20.1 Å². The number of aromatic nitrogens is 2. The second-order valence-electron chi connectivity index (χ2n) is 11.5. The fourth-order valence-electron chi connectivity index (χ4n) is 6.56. The third-order valence-corrected chi connectivity index (χ3v) is 8.88. The highest BCUT2D eigenvalue weighted by Gasteiger charge is 2.51. The zero-order valence-electron chi connectivity index (χ0n) is 26.1. The van der Waals surface area contributed by atoms with Gasteiger partial charge in [-0.2, -0.15) is 18.3 Å². The van der Waals surface area contributed by atoms with Gasteiger partial charge in [0.1, 0.15) is 0 Å². The minimum absolute atomic E-state index is 0.000482. The number of methoxy groups -OCH3 is 2. The van der Waals surface area contributed by atoms with Crippen molar-refractivity contribution < 1.29 is 37.3 Å². The highest BCUT2D eigenvalue weighted by molar-refractivity contribution is 5.90. The molecule has 10 nitrogen and oxygen atoms in total. The Hall–Kier alpha value is -4.26. The summed E-state index contributed by atoms with van der Waals surface area (Å²) in [5.41, 5.74) is 5.15. The van der Waals surface area contributed by atoms with Gasteiger partial charge in [0.15, 0.2) is 11.5 Å². The van der Waals surface area contributed by atoms with Crippen LogP contribution in [0.2, 0.25) is 0 Å². The first-order chi connectivity index (χ1) is 21.3. The van der Waals surface area contributed by atoms with Gasteiger partial charge in [0.25, 0.3) is 0 Å². The van der Waals surface area contributed by atoms with Crippen LogP contribution in [0.5, 0.6) is 11.5 Å². The van der Waals surface area contributed by atoms with E-state index in [1.807, 2.05) is 27.0 Å². The van der Waals surface area contributed by atoms with Crippen LogP contribution >= 0.6 is 0 Å². The van der Waals surface area contributed by atoms with Crippen LogP contribution in [0.25, 0.3) is 0 Å². The minimum Gasteiger partial charge on any atom is -0.493 e. The number of halogens is 3. The van der Waals surface area contributed by atoms with Gasteiger partial charge in [0.05, 0.1) is 31.3 Å². The number of amides is 2. The molecule has 2 fully saturated rings. The van der Waals surface area contributed by atoms with Gasteiger partial charge in [-0.05, 0) is 69.3 Å².